The molecule has 0 unspecified atom stereocenters. The van der Waals surface area contributed by atoms with Crippen molar-refractivity contribution in [2.45, 2.75) is 6.92 Å². The van der Waals surface area contributed by atoms with Crippen LogP contribution in [0.2, 0.25) is 5.02 Å². The lowest BCUT2D eigenvalue weighted by atomic mass is 10.1. The summed E-state index contributed by atoms with van der Waals surface area (Å²) in [4.78, 5) is 4.12. The molecule has 2 aromatic rings. The highest BCUT2D eigenvalue weighted by Crippen LogP contribution is 2.25. The Bertz CT molecular complexity index is 479. The first-order valence-electron chi connectivity index (χ1n) is 4.55. The summed E-state index contributed by atoms with van der Waals surface area (Å²) in [6.07, 6.45) is 1.64. The normalized spacial score (nSPS) is 10.3. The number of pyridine rings is 1. The summed E-state index contributed by atoms with van der Waals surface area (Å²) in [5.74, 6) is -0.287. The second kappa shape index (κ2) is 3.99. The molecule has 0 amide bonds. The van der Waals surface area contributed by atoms with Gasteiger partial charge in [-0.1, -0.05) is 17.7 Å². The van der Waals surface area contributed by atoms with Gasteiger partial charge < -0.3 is 0 Å². The van der Waals surface area contributed by atoms with Gasteiger partial charge in [0, 0.05) is 28.0 Å². The number of hydrogen-bond donors (Lipinski definition) is 0. The van der Waals surface area contributed by atoms with Crippen molar-refractivity contribution < 1.29 is 4.39 Å². The molecule has 3 heteroatoms. The number of hydrogen-bond acceptors (Lipinski definition) is 1. The average molecular weight is 222 g/mol. The third kappa shape index (κ3) is 2.16. The van der Waals surface area contributed by atoms with Crippen molar-refractivity contribution in [3.05, 3.63) is 53.1 Å². The van der Waals surface area contributed by atoms with Crippen molar-refractivity contribution in [3.8, 4) is 11.1 Å². The zero-order valence-electron chi connectivity index (χ0n) is 8.17. The zero-order chi connectivity index (χ0) is 10.8. The average Bonchev–Trinajstić information content (AvgIpc) is 2.23. The number of aromatic nitrogens is 1. The molecular weight excluding hydrogens is 213 g/mol. The van der Waals surface area contributed by atoms with Crippen molar-refractivity contribution in [1.29, 1.82) is 0 Å². The smallest absolute Gasteiger partial charge is 0.131 e. The molecule has 76 valence electrons. The van der Waals surface area contributed by atoms with Crippen LogP contribution in [0.25, 0.3) is 11.1 Å². The third-order valence-electron chi connectivity index (χ3n) is 2.15. The quantitative estimate of drug-likeness (QED) is 0.713. The van der Waals surface area contributed by atoms with Gasteiger partial charge in [0.15, 0.2) is 0 Å². The molecule has 0 saturated heterocycles. The monoisotopic (exact) mass is 221 g/mol. The topological polar surface area (TPSA) is 12.9 Å². The van der Waals surface area contributed by atoms with Gasteiger partial charge >= 0.3 is 0 Å². The molecule has 0 aliphatic heterocycles. The minimum Gasteiger partial charge on any atom is -0.261 e. The van der Waals surface area contributed by atoms with Crippen LogP contribution in [0.4, 0.5) is 4.39 Å². The summed E-state index contributed by atoms with van der Waals surface area (Å²) >= 11 is 5.81. The summed E-state index contributed by atoms with van der Waals surface area (Å²) in [5.41, 5.74) is 2.12. The van der Waals surface area contributed by atoms with Crippen molar-refractivity contribution in [1.82, 2.24) is 4.98 Å². The van der Waals surface area contributed by atoms with Gasteiger partial charge in [0.2, 0.25) is 0 Å². The molecule has 0 radical (unpaired) electrons. The van der Waals surface area contributed by atoms with Crippen LogP contribution in [0.3, 0.4) is 0 Å². The molecule has 0 atom stereocenters. The van der Waals surface area contributed by atoms with Crippen molar-refractivity contribution in [2.24, 2.45) is 0 Å². The molecule has 15 heavy (non-hydrogen) atoms. The number of halogens is 2. The minimum atomic E-state index is -0.287. The summed E-state index contributed by atoms with van der Waals surface area (Å²) in [6, 6.07) is 8.16. The molecule has 0 spiro atoms. The largest absolute Gasteiger partial charge is 0.261 e. The fourth-order valence-corrected chi connectivity index (χ4v) is 1.52. The van der Waals surface area contributed by atoms with E-state index in [4.69, 9.17) is 11.6 Å². The minimum absolute atomic E-state index is 0.287. The van der Waals surface area contributed by atoms with E-state index in [-0.39, 0.29) is 5.82 Å². The first kappa shape index (κ1) is 10.1. The van der Waals surface area contributed by atoms with E-state index in [1.807, 2.05) is 19.1 Å². The van der Waals surface area contributed by atoms with E-state index in [0.29, 0.717) is 10.6 Å². The van der Waals surface area contributed by atoms with Gasteiger partial charge in [-0.05, 0) is 31.2 Å². The Hall–Kier alpha value is -1.41. The van der Waals surface area contributed by atoms with E-state index in [1.54, 1.807) is 12.3 Å². The lowest BCUT2D eigenvalue weighted by molar-refractivity contribution is 0.631. The fourth-order valence-electron chi connectivity index (χ4n) is 1.35. The fraction of sp³-hybridized carbons (Fsp3) is 0.0833. The highest BCUT2D eigenvalue weighted by molar-refractivity contribution is 6.30. The molecule has 0 bridgehead atoms. The molecule has 1 aromatic carbocycles. The summed E-state index contributed by atoms with van der Waals surface area (Å²) in [7, 11) is 0. The SMILES string of the molecule is Cc1ccc(-c2cc(Cl)ccc2F)cn1. The number of rotatable bonds is 1. The van der Waals surface area contributed by atoms with Gasteiger partial charge in [0.05, 0.1) is 0 Å². The maximum absolute atomic E-state index is 13.5. The second-order valence-electron chi connectivity index (χ2n) is 3.31. The second-order valence-corrected chi connectivity index (χ2v) is 3.75. The number of aryl methyl sites for hydroxylation is 1. The summed E-state index contributed by atoms with van der Waals surface area (Å²) in [5, 5.41) is 0.520. The molecule has 1 aromatic heterocycles. The Kier molecular flexibility index (Phi) is 2.69. The highest BCUT2D eigenvalue weighted by Gasteiger charge is 2.05. The van der Waals surface area contributed by atoms with Gasteiger partial charge in [-0.15, -0.1) is 0 Å². The van der Waals surface area contributed by atoms with Gasteiger partial charge in [-0.3, -0.25) is 4.98 Å². The van der Waals surface area contributed by atoms with Crippen LogP contribution in [0.15, 0.2) is 36.5 Å². The Labute approximate surface area is 92.5 Å². The molecule has 1 nitrogen and oxygen atoms in total. The lowest BCUT2D eigenvalue weighted by Gasteiger charge is -2.03. The van der Waals surface area contributed by atoms with Crippen molar-refractivity contribution in [3.63, 3.8) is 0 Å². The van der Waals surface area contributed by atoms with Crippen LogP contribution in [0.1, 0.15) is 5.69 Å². The molecular formula is C12H9ClFN. The predicted molar refractivity (Wildman–Crippen MR) is 59.4 cm³/mol. The Morgan fingerprint density at radius 1 is 1.20 bits per heavy atom. The maximum Gasteiger partial charge on any atom is 0.131 e. The molecule has 0 aliphatic rings. The van der Waals surface area contributed by atoms with E-state index in [9.17, 15) is 4.39 Å². The van der Waals surface area contributed by atoms with Crippen LogP contribution >= 0.6 is 11.6 Å². The maximum atomic E-state index is 13.5. The van der Waals surface area contributed by atoms with Gasteiger partial charge in [-0.25, -0.2) is 4.39 Å². The number of nitrogens with zero attached hydrogens (tertiary/aromatic N) is 1. The number of benzene rings is 1. The zero-order valence-corrected chi connectivity index (χ0v) is 8.92. The predicted octanol–water partition coefficient (Wildman–Crippen LogP) is 3.85. The Morgan fingerprint density at radius 3 is 2.67 bits per heavy atom. The van der Waals surface area contributed by atoms with E-state index < -0.39 is 0 Å². The van der Waals surface area contributed by atoms with E-state index in [2.05, 4.69) is 4.98 Å². The van der Waals surface area contributed by atoms with E-state index >= 15 is 0 Å². The summed E-state index contributed by atoms with van der Waals surface area (Å²) in [6.45, 7) is 1.89. The Balaban J connectivity index is 2.53. The van der Waals surface area contributed by atoms with Gasteiger partial charge in [0.25, 0.3) is 0 Å². The van der Waals surface area contributed by atoms with Crippen LogP contribution in [-0.4, -0.2) is 4.98 Å². The van der Waals surface area contributed by atoms with Crippen molar-refractivity contribution >= 4 is 11.6 Å². The lowest BCUT2D eigenvalue weighted by Crippen LogP contribution is -1.86. The highest BCUT2D eigenvalue weighted by atomic mass is 35.5. The molecule has 0 saturated carbocycles. The van der Waals surface area contributed by atoms with Crippen LogP contribution in [0.5, 0.6) is 0 Å². The molecule has 0 N–H and O–H groups in total. The van der Waals surface area contributed by atoms with Crippen molar-refractivity contribution in [2.75, 3.05) is 0 Å². The van der Waals surface area contributed by atoms with Crippen LogP contribution in [0, 0.1) is 12.7 Å². The molecule has 0 aliphatic carbocycles. The van der Waals surface area contributed by atoms with Crippen LogP contribution < -0.4 is 0 Å². The first-order chi connectivity index (χ1) is 7.16. The van der Waals surface area contributed by atoms with E-state index in [0.717, 1.165) is 11.3 Å². The van der Waals surface area contributed by atoms with E-state index in [1.165, 1.54) is 12.1 Å². The molecule has 2 rings (SSSR count). The molecule has 0 fully saturated rings. The molecule has 1 heterocycles. The third-order valence-corrected chi connectivity index (χ3v) is 2.39. The first-order valence-corrected chi connectivity index (χ1v) is 4.93. The standard InChI is InChI=1S/C12H9ClFN/c1-8-2-3-9(7-15-8)11-6-10(13)4-5-12(11)14/h2-7H,1H3. The Morgan fingerprint density at radius 2 is 2.00 bits per heavy atom. The van der Waals surface area contributed by atoms with Crippen LogP contribution in [-0.2, 0) is 0 Å². The van der Waals surface area contributed by atoms with Gasteiger partial charge in [-0.2, -0.15) is 0 Å². The summed E-state index contributed by atoms with van der Waals surface area (Å²) < 4.78 is 13.5. The van der Waals surface area contributed by atoms with Gasteiger partial charge in [0.1, 0.15) is 5.82 Å².